The zero-order chi connectivity index (χ0) is 16.1. The first-order valence-corrected chi connectivity index (χ1v) is 8.98. The van der Waals surface area contributed by atoms with Crippen LogP contribution in [0.2, 0.25) is 0 Å². The molecule has 1 unspecified atom stereocenters. The second-order valence-electron chi connectivity index (χ2n) is 5.39. The minimum absolute atomic E-state index is 0.0146. The summed E-state index contributed by atoms with van der Waals surface area (Å²) in [4.78, 5) is 16.8. The van der Waals surface area contributed by atoms with Gasteiger partial charge in [0.1, 0.15) is 6.61 Å². The number of imidazole rings is 1. The molecule has 0 saturated carbocycles. The van der Waals surface area contributed by atoms with E-state index >= 15 is 0 Å². The number of ether oxygens (including phenoxy) is 2. The summed E-state index contributed by atoms with van der Waals surface area (Å²) in [6, 6.07) is 9.71. The number of hydrogen-bond donors (Lipinski definition) is 0. The van der Waals surface area contributed by atoms with Gasteiger partial charge in [0.2, 0.25) is 0 Å². The largest absolute Gasteiger partial charge is 0.458 e. The van der Waals surface area contributed by atoms with Crippen LogP contribution in [0.1, 0.15) is 29.8 Å². The van der Waals surface area contributed by atoms with Crippen molar-refractivity contribution >= 4 is 17.7 Å². The molecule has 1 atom stereocenters. The molecule has 2 aromatic rings. The number of carbonyl (C=O) groups is 1. The Hall–Kier alpha value is -1.79. The van der Waals surface area contributed by atoms with E-state index in [0.29, 0.717) is 12.3 Å². The van der Waals surface area contributed by atoms with Gasteiger partial charge in [-0.15, -0.1) is 0 Å². The Bertz CT molecular complexity index is 651. The Morgan fingerprint density at radius 3 is 2.91 bits per heavy atom. The van der Waals surface area contributed by atoms with Crippen molar-refractivity contribution in [1.82, 2.24) is 9.55 Å². The molecule has 6 heteroatoms. The maximum absolute atomic E-state index is 12.5. The lowest BCUT2D eigenvalue weighted by molar-refractivity contribution is -0.0303. The molecule has 2 heterocycles. The number of carbonyl (C=O) groups excluding carboxylic acids is 1. The van der Waals surface area contributed by atoms with E-state index in [2.05, 4.69) is 4.98 Å². The highest BCUT2D eigenvalue weighted by atomic mass is 32.2. The summed E-state index contributed by atoms with van der Waals surface area (Å²) in [5, 5.41) is 0.761. The van der Waals surface area contributed by atoms with Crippen LogP contribution in [0.3, 0.4) is 0 Å². The molecule has 3 rings (SSSR count). The molecule has 1 fully saturated rings. The molecule has 1 aromatic carbocycles. The molecule has 0 radical (unpaired) electrons. The van der Waals surface area contributed by atoms with Crippen LogP contribution < -0.4 is 0 Å². The van der Waals surface area contributed by atoms with Gasteiger partial charge in [0.05, 0.1) is 12.3 Å². The zero-order valence-electron chi connectivity index (χ0n) is 13.1. The van der Waals surface area contributed by atoms with E-state index in [1.54, 1.807) is 6.20 Å². The predicted octanol–water partition coefficient (Wildman–Crippen LogP) is 3.32. The van der Waals surface area contributed by atoms with Crippen molar-refractivity contribution in [2.45, 2.75) is 30.5 Å². The molecular weight excluding hydrogens is 312 g/mol. The Kier molecular flexibility index (Phi) is 5.35. The van der Waals surface area contributed by atoms with Gasteiger partial charge in [0.15, 0.2) is 10.9 Å². The van der Waals surface area contributed by atoms with E-state index in [1.165, 1.54) is 11.8 Å². The predicted molar refractivity (Wildman–Crippen MR) is 89.2 cm³/mol. The van der Waals surface area contributed by atoms with Crippen molar-refractivity contribution in [3.05, 3.63) is 42.2 Å². The molecule has 1 saturated heterocycles. The summed E-state index contributed by atoms with van der Waals surface area (Å²) in [5.74, 6) is -0.365. The van der Waals surface area contributed by atoms with Gasteiger partial charge in [-0.25, -0.2) is 9.78 Å². The zero-order valence-corrected chi connectivity index (χ0v) is 13.9. The lowest BCUT2D eigenvalue weighted by Gasteiger charge is -2.22. The molecule has 1 aliphatic rings. The van der Waals surface area contributed by atoms with Gasteiger partial charge >= 0.3 is 5.97 Å². The Morgan fingerprint density at radius 2 is 2.22 bits per heavy atom. The summed E-state index contributed by atoms with van der Waals surface area (Å²) in [7, 11) is 0. The quantitative estimate of drug-likeness (QED) is 0.621. The Morgan fingerprint density at radius 1 is 1.39 bits per heavy atom. The van der Waals surface area contributed by atoms with Gasteiger partial charge < -0.3 is 9.47 Å². The van der Waals surface area contributed by atoms with Crippen LogP contribution in [0.5, 0.6) is 0 Å². The maximum Gasteiger partial charge on any atom is 0.357 e. The first kappa shape index (κ1) is 16.1. The molecule has 0 amide bonds. The van der Waals surface area contributed by atoms with E-state index < -0.39 is 0 Å². The standard InChI is InChI=1S/C17H20N2O3S/c1-23-17-18-11-15(19(17)13-7-3-2-4-8-13)16(20)22-12-14-9-5-6-10-21-14/h2-4,7-8,11,14H,5-6,9-10,12H2,1H3. The van der Waals surface area contributed by atoms with Crippen molar-refractivity contribution in [3.63, 3.8) is 0 Å². The molecule has 0 aliphatic carbocycles. The first-order valence-electron chi connectivity index (χ1n) is 7.75. The minimum atomic E-state index is -0.365. The first-order chi connectivity index (χ1) is 11.3. The number of rotatable bonds is 5. The Labute approximate surface area is 140 Å². The van der Waals surface area contributed by atoms with Gasteiger partial charge in [-0.05, 0) is 37.7 Å². The molecule has 1 aromatic heterocycles. The smallest absolute Gasteiger partial charge is 0.357 e. The van der Waals surface area contributed by atoms with Crippen LogP contribution in [0.15, 0.2) is 41.7 Å². The van der Waals surface area contributed by atoms with Gasteiger partial charge in [-0.2, -0.15) is 0 Å². The Balaban J connectivity index is 1.76. The van der Waals surface area contributed by atoms with Crippen molar-refractivity contribution in [1.29, 1.82) is 0 Å². The monoisotopic (exact) mass is 332 g/mol. The summed E-state index contributed by atoms with van der Waals surface area (Å²) >= 11 is 1.49. The number of hydrogen-bond acceptors (Lipinski definition) is 5. The van der Waals surface area contributed by atoms with Crippen molar-refractivity contribution in [2.75, 3.05) is 19.5 Å². The fourth-order valence-corrected chi connectivity index (χ4v) is 3.18. The summed E-state index contributed by atoms with van der Waals surface area (Å²) in [5.41, 5.74) is 1.34. The molecule has 5 nitrogen and oxygen atoms in total. The van der Waals surface area contributed by atoms with Crippen LogP contribution in [0.25, 0.3) is 5.69 Å². The SMILES string of the molecule is CSc1ncc(C(=O)OCC2CCCCO2)n1-c1ccccc1. The van der Waals surface area contributed by atoms with Gasteiger partial charge in [-0.1, -0.05) is 30.0 Å². The van der Waals surface area contributed by atoms with Crippen molar-refractivity contribution in [3.8, 4) is 5.69 Å². The molecule has 122 valence electrons. The minimum Gasteiger partial charge on any atom is -0.458 e. The maximum atomic E-state index is 12.5. The van der Waals surface area contributed by atoms with Crippen molar-refractivity contribution in [2.24, 2.45) is 0 Å². The van der Waals surface area contributed by atoms with Crippen LogP contribution in [0.4, 0.5) is 0 Å². The average Bonchev–Trinajstić information content (AvgIpc) is 3.05. The van der Waals surface area contributed by atoms with E-state index in [0.717, 1.165) is 36.7 Å². The fraction of sp³-hybridized carbons (Fsp3) is 0.412. The molecular formula is C17H20N2O3S. The van der Waals surface area contributed by atoms with E-state index in [4.69, 9.17) is 9.47 Å². The third-order valence-corrected chi connectivity index (χ3v) is 4.46. The van der Waals surface area contributed by atoms with Crippen molar-refractivity contribution < 1.29 is 14.3 Å². The normalized spacial score (nSPS) is 17.9. The second-order valence-corrected chi connectivity index (χ2v) is 6.16. The summed E-state index contributed by atoms with van der Waals surface area (Å²) < 4.78 is 12.9. The van der Waals surface area contributed by atoms with Gasteiger partial charge in [-0.3, -0.25) is 4.57 Å². The van der Waals surface area contributed by atoms with E-state index in [9.17, 15) is 4.79 Å². The van der Waals surface area contributed by atoms with Crippen LogP contribution in [-0.2, 0) is 9.47 Å². The molecule has 23 heavy (non-hydrogen) atoms. The third kappa shape index (κ3) is 3.76. The molecule has 1 aliphatic heterocycles. The summed E-state index contributed by atoms with van der Waals surface area (Å²) in [6.45, 7) is 1.05. The molecule has 0 N–H and O–H groups in total. The number of benzene rings is 1. The lowest BCUT2D eigenvalue weighted by Crippen LogP contribution is -2.26. The summed E-state index contributed by atoms with van der Waals surface area (Å²) in [6.07, 6.45) is 6.68. The topological polar surface area (TPSA) is 53.4 Å². The number of nitrogens with zero attached hydrogens (tertiary/aromatic N) is 2. The van der Waals surface area contributed by atoms with E-state index in [-0.39, 0.29) is 12.1 Å². The molecule has 0 spiro atoms. The molecule has 0 bridgehead atoms. The van der Waals surface area contributed by atoms with Crippen LogP contribution >= 0.6 is 11.8 Å². The number of esters is 1. The van der Waals surface area contributed by atoms with Gasteiger partial charge in [0.25, 0.3) is 0 Å². The third-order valence-electron chi connectivity index (χ3n) is 3.81. The number of aromatic nitrogens is 2. The highest BCUT2D eigenvalue weighted by Crippen LogP contribution is 2.22. The van der Waals surface area contributed by atoms with E-state index in [1.807, 2.05) is 41.2 Å². The number of thioether (sulfide) groups is 1. The fourth-order valence-electron chi connectivity index (χ4n) is 2.63. The highest BCUT2D eigenvalue weighted by molar-refractivity contribution is 7.98. The van der Waals surface area contributed by atoms with Crippen LogP contribution in [0, 0.1) is 0 Å². The highest BCUT2D eigenvalue weighted by Gasteiger charge is 2.21. The average molecular weight is 332 g/mol. The van der Waals surface area contributed by atoms with Crippen LogP contribution in [-0.4, -0.2) is 41.1 Å². The van der Waals surface area contributed by atoms with Gasteiger partial charge in [0, 0.05) is 12.3 Å². The second kappa shape index (κ2) is 7.66. The number of para-hydroxylation sites is 1. The lowest BCUT2D eigenvalue weighted by atomic mass is 10.1.